The van der Waals surface area contributed by atoms with Crippen molar-refractivity contribution in [3.63, 3.8) is 0 Å². The van der Waals surface area contributed by atoms with E-state index < -0.39 is 5.76 Å². The molecule has 0 saturated carbocycles. The molecule has 0 spiro atoms. The summed E-state index contributed by atoms with van der Waals surface area (Å²) in [6.45, 7) is 1.80. The van der Waals surface area contributed by atoms with Crippen LogP contribution in [0.25, 0.3) is 21.9 Å². The number of nitrogens with zero attached hydrogens (tertiary/aromatic N) is 1. The van der Waals surface area contributed by atoms with Crippen LogP contribution >= 0.6 is 11.6 Å². The van der Waals surface area contributed by atoms with E-state index in [0.29, 0.717) is 16.1 Å². The number of halogens is 1. The van der Waals surface area contributed by atoms with Crippen molar-refractivity contribution in [3.05, 3.63) is 81.8 Å². The molecule has 0 radical (unpaired) electrons. The lowest BCUT2D eigenvalue weighted by Crippen LogP contribution is -2.32. The minimum atomic E-state index is -0.583. The molecule has 1 N–H and O–H groups in total. The molecule has 0 aliphatic carbocycles. The van der Waals surface area contributed by atoms with Gasteiger partial charge in [-0.05, 0) is 35.4 Å². The van der Waals surface area contributed by atoms with Crippen LogP contribution < -0.4 is 11.1 Å². The van der Waals surface area contributed by atoms with Crippen molar-refractivity contribution in [1.29, 1.82) is 0 Å². The number of amides is 1. The standard InChI is InChI=1S/C21H17ClN2O3/c1-13(16-8-4-6-14-5-2-3-7-17(14)16)23-20(25)12-24-18-10-9-15(22)11-19(18)27-21(24)26/h2-11,13H,12H2,1H3,(H,23,25)/t13-/m0/s1. The normalized spacial score (nSPS) is 12.4. The molecule has 0 aliphatic heterocycles. The summed E-state index contributed by atoms with van der Waals surface area (Å²) in [6.07, 6.45) is 0. The van der Waals surface area contributed by atoms with Crippen LogP contribution in [0.3, 0.4) is 0 Å². The summed E-state index contributed by atoms with van der Waals surface area (Å²) < 4.78 is 6.47. The van der Waals surface area contributed by atoms with Gasteiger partial charge in [-0.15, -0.1) is 0 Å². The second-order valence-electron chi connectivity index (χ2n) is 6.42. The average Bonchev–Trinajstić information content (AvgIpc) is 2.95. The number of oxazole rings is 1. The van der Waals surface area contributed by atoms with E-state index in [2.05, 4.69) is 5.32 Å². The largest absolute Gasteiger partial charge is 0.420 e. The van der Waals surface area contributed by atoms with E-state index in [1.807, 2.05) is 49.4 Å². The maximum Gasteiger partial charge on any atom is 0.420 e. The topological polar surface area (TPSA) is 64.2 Å². The van der Waals surface area contributed by atoms with Crippen molar-refractivity contribution in [2.45, 2.75) is 19.5 Å². The number of aromatic nitrogens is 1. The summed E-state index contributed by atoms with van der Waals surface area (Å²) in [7, 11) is 0. The lowest BCUT2D eigenvalue weighted by atomic mass is 10.00. The maximum absolute atomic E-state index is 12.6. The molecular weight excluding hydrogens is 364 g/mol. The number of carbonyl (C=O) groups excluding carboxylic acids is 1. The molecule has 4 rings (SSSR count). The van der Waals surface area contributed by atoms with E-state index >= 15 is 0 Å². The molecule has 27 heavy (non-hydrogen) atoms. The molecule has 0 unspecified atom stereocenters. The van der Waals surface area contributed by atoms with Crippen molar-refractivity contribution in [2.75, 3.05) is 0 Å². The zero-order valence-corrected chi connectivity index (χ0v) is 15.4. The van der Waals surface area contributed by atoms with Crippen molar-refractivity contribution >= 4 is 39.4 Å². The van der Waals surface area contributed by atoms with Gasteiger partial charge in [-0.2, -0.15) is 0 Å². The Bertz CT molecular complexity index is 1200. The summed E-state index contributed by atoms with van der Waals surface area (Å²) in [6, 6.07) is 18.7. The fraction of sp³-hybridized carbons (Fsp3) is 0.143. The quantitative estimate of drug-likeness (QED) is 0.574. The minimum absolute atomic E-state index is 0.122. The molecule has 4 aromatic rings. The molecular formula is C21H17ClN2O3. The van der Waals surface area contributed by atoms with Crippen molar-refractivity contribution in [3.8, 4) is 0 Å². The van der Waals surface area contributed by atoms with Crippen molar-refractivity contribution in [1.82, 2.24) is 9.88 Å². The third-order valence-electron chi connectivity index (χ3n) is 4.60. The highest BCUT2D eigenvalue weighted by molar-refractivity contribution is 6.31. The van der Waals surface area contributed by atoms with Gasteiger partial charge in [-0.25, -0.2) is 4.79 Å². The van der Waals surface area contributed by atoms with Crippen LogP contribution in [0, 0.1) is 0 Å². The molecule has 5 nitrogen and oxygen atoms in total. The van der Waals surface area contributed by atoms with Gasteiger partial charge in [0, 0.05) is 11.1 Å². The summed E-state index contributed by atoms with van der Waals surface area (Å²) in [5, 5.41) is 5.64. The van der Waals surface area contributed by atoms with Gasteiger partial charge in [0.25, 0.3) is 0 Å². The van der Waals surface area contributed by atoms with Gasteiger partial charge in [0.05, 0.1) is 11.6 Å². The Morgan fingerprint density at radius 3 is 2.78 bits per heavy atom. The molecule has 1 aromatic heterocycles. The SMILES string of the molecule is C[C@H](NC(=O)Cn1c(=O)oc2cc(Cl)ccc21)c1cccc2ccccc12. The number of nitrogens with one attached hydrogen (secondary N) is 1. The monoisotopic (exact) mass is 380 g/mol. The number of hydrogen-bond donors (Lipinski definition) is 1. The van der Waals surface area contributed by atoms with Gasteiger partial charge in [0.2, 0.25) is 5.91 Å². The first-order valence-electron chi connectivity index (χ1n) is 8.59. The predicted octanol–water partition coefficient (Wildman–Crippen LogP) is 4.28. The fourth-order valence-electron chi connectivity index (χ4n) is 3.33. The maximum atomic E-state index is 12.6. The second-order valence-corrected chi connectivity index (χ2v) is 6.86. The molecule has 0 fully saturated rings. The molecule has 0 aliphatic rings. The first-order chi connectivity index (χ1) is 13.0. The molecule has 136 valence electrons. The predicted molar refractivity (Wildman–Crippen MR) is 106 cm³/mol. The third-order valence-corrected chi connectivity index (χ3v) is 4.83. The van der Waals surface area contributed by atoms with E-state index in [9.17, 15) is 9.59 Å². The van der Waals surface area contributed by atoms with Crippen LogP contribution in [0.1, 0.15) is 18.5 Å². The van der Waals surface area contributed by atoms with Crippen LogP contribution in [0.15, 0.2) is 69.9 Å². The Morgan fingerprint density at radius 2 is 1.93 bits per heavy atom. The molecule has 1 heterocycles. The first-order valence-corrected chi connectivity index (χ1v) is 8.96. The van der Waals surface area contributed by atoms with Crippen LogP contribution in [0.4, 0.5) is 0 Å². The van der Waals surface area contributed by atoms with E-state index in [-0.39, 0.29) is 18.5 Å². The number of rotatable bonds is 4. The van der Waals surface area contributed by atoms with Gasteiger partial charge in [0.15, 0.2) is 5.58 Å². The van der Waals surface area contributed by atoms with Crippen LogP contribution in [0.2, 0.25) is 5.02 Å². The fourth-order valence-corrected chi connectivity index (χ4v) is 3.49. The van der Waals surface area contributed by atoms with Crippen molar-refractivity contribution in [2.24, 2.45) is 0 Å². The van der Waals surface area contributed by atoms with Gasteiger partial charge in [-0.3, -0.25) is 9.36 Å². The minimum Gasteiger partial charge on any atom is -0.408 e. The second kappa shape index (κ2) is 6.93. The van der Waals surface area contributed by atoms with Gasteiger partial charge in [0.1, 0.15) is 6.54 Å². The number of carbonyl (C=O) groups is 1. The Kier molecular flexibility index (Phi) is 4.46. The van der Waals surface area contributed by atoms with Crippen LogP contribution in [-0.2, 0) is 11.3 Å². The summed E-state index contributed by atoms with van der Waals surface area (Å²) >= 11 is 5.92. The molecule has 1 amide bonds. The van der Waals surface area contributed by atoms with Crippen LogP contribution in [0.5, 0.6) is 0 Å². The smallest absolute Gasteiger partial charge is 0.408 e. The molecule has 1 atom stereocenters. The van der Waals surface area contributed by atoms with E-state index in [1.165, 1.54) is 4.57 Å². The van der Waals surface area contributed by atoms with Crippen LogP contribution in [-0.4, -0.2) is 10.5 Å². The van der Waals surface area contributed by atoms with E-state index in [0.717, 1.165) is 16.3 Å². The summed E-state index contributed by atoms with van der Waals surface area (Å²) in [5.74, 6) is -0.851. The van der Waals surface area contributed by atoms with E-state index in [4.69, 9.17) is 16.0 Å². The Morgan fingerprint density at radius 1 is 1.15 bits per heavy atom. The number of hydrogen-bond acceptors (Lipinski definition) is 3. The third kappa shape index (κ3) is 3.34. The Balaban J connectivity index is 1.58. The highest BCUT2D eigenvalue weighted by atomic mass is 35.5. The zero-order chi connectivity index (χ0) is 19.0. The van der Waals surface area contributed by atoms with E-state index in [1.54, 1.807) is 18.2 Å². The molecule has 0 saturated heterocycles. The highest BCUT2D eigenvalue weighted by Gasteiger charge is 2.16. The average molecular weight is 381 g/mol. The summed E-state index contributed by atoms with van der Waals surface area (Å²) in [5.41, 5.74) is 1.93. The highest BCUT2D eigenvalue weighted by Crippen LogP contribution is 2.24. The summed E-state index contributed by atoms with van der Waals surface area (Å²) in [4.78, 5) is 24.6. The molecule has 3 aromatic carbocycles. The van der Waals surface area contributed by atoms with Crippen molar-refractivity contribution < 1.29 is 9.21 Å². The molecule has 0 bridgehead atoms. The first kappa shape index (κ1) is 17.4. The lowest BCUT2D eigenvalue weighted by molar-refractivity contribution is -0.122. The lowest BCUT2D eigenvalue weighted by Gasteiger charge is -2.16. The Labute approximate surface area is 160 Å². The van der Waals surface area contributed by atoms with Gasteiger partial charge in [-0.1, -0.05) is 54.1 Å². The Hall–Kier alpha value is -3.05. The molecule has 6 heteroatoms. The number of benzene rings is 3. The van der Waals surface area contributed by atoms with Gasteiger partial charge >= 0.3 is 5.76 Å². The zero-order valence-electron chi connectivity index (χ0n) is 14.6. The number of fused-ring (bicyclic) bond motifs is 2. The van der Waals surface area contributed by atoms with Gasteiger partial charge < -0.3 is 9.73 Å².